The summed E-state index contributed by atoms with van der Waals surface area (Å²) in [4.78, 5) is 12.9. The Balaban J connectivity index is 2.04. The molecule has 0 aromatic carbocycles. The Morgan fingerprint density at radius 1 is 0.821 bits per heavy atom. The summed E-state index contributed by atoms with van der Waals surface area (Å²) < 4.78 is 33.8. The molecule has 0 radical (unpaired) electrons. The SMILES string of the molecule is CCCCOC[C@H]1O[C@H](n2cnc3c(N)ncnc32)[C@@H](O)[C@H](OCCCC)[C@@H](OCCCC)[C@@H]1OCCCC. The van der Waals surface area contributed by atoms with Gasteiger partial charge in [0.2, 0.25) is 0 Å². The second-order valence-electron chi connectivity index (χ2n) is 10.1. The van der Waals surface area contributed by atoms with Gasteiger partial charge in [-0.25, -0.2) is 15.0 Å². The maximum atomic E-state index is 11.9. The van der Waals surface area contributed by atoms with Gasteiger partial charge in [0.1, 0.15) is 42.4 Å². The smallest absolute Gasteiger partial charge is 0.167 e. The third-order valence-electron chi connectivity index (χ3n) is 6.97. The molecule has 3 heterocycles. The van der Waals surface area contributed by atoms with Crippen LogP contribution in [0.3, 0.4) is 0 Å². The fourth-order valence-corrected chi connectivity index (χ4v) is 4.64. The molecule has 0 aliphatic carbocycles. The number of imidazole rings is 1. The van der Waals surface area contributed by atoms with Gasteiger partial charge in [0.05, 0.1) is 12.9 Å². The van der Waals surface area contributed by atoms with Gasteiger partial charge in [-0.05, 0) is 25.7 Å². The molecule has 2 aromatic rings. The maximum Gasteiger partial charge on any atom is 0.167 e. The number of hydrogen-bond acceptors (Lipinski definition) is 10. The van der Waals surface area contributed by atoms with E-state index in [1.807, 2.05) is 0 Å². The summed E-state index contributed by atoms with van der Waals surface area (Å²) in [6.45, 7) is 10.9. The zero-order valence-electron chi connectivity index (χ0n) is 24.2. The minimum atomic E-state index is -1.10. The molecule has 11 heteroatoms. The average Bonchev–Trinajstić information content (AvgIpc) is 3.33. The molecule has 222 valence electrons. The molecule has 1 aliphatic rings. The first-order valence-electron chi connectivity index (χ1n) is 14.8. The highest BCUT2D eigenvalue weighted by atomic mass is 16.6. The lowest BCUT2D eigenvalue weighted by Crippen LogP contribution is -2.51. The Hall–Kier alpha value is -1.89. The van der Waals surface area contributed by atoms with E-state index in [9.17, 15) is 5.11 Å². The van der Waals surface area contributed by atoms with Crippen LogP contribution in [0.1, 0.15) is 85.3 Å². The van der Waals surface area contributed by atoms with Crippen LogP contribution in [0, 0.1) is 0 Å². The molecule has 0 spiro atoms. The van der Waals surface area contributed by atoms with E-state index in [0.717, 1.165) is 51.4 Å². The van der Waals surface area contributed by atoms with Crippen LogP contribution >= 0.6 is 0 Å². The van der Waals surface area contributed by atoms with Crippen molar-refractivity contribution in [3.63, 3.8) is 0 Å². The Kier molecular flexibility index (Phi) is 13.8. The van der Waals surface area contributed by atoms with Crippen molar-refractivity contribution in [3.8, 4) is 0 Å². The number of hydrogen-bond donors (Lipinski definition) is 2. The predicted octanol–water partition coefficient (Wildman–Crippen LogP) is 4.04. The van der Waals surface area contributed by atoms with Gasteiger partial charge in [0, 0.05) is 26.4 Å². The lowest BCUT2D eigenvalue weighted by Gasteiger charge is -2.35. The Morgan fingerprint density at radius 2 is 1.41 bits per heavy atom. The largest absolute Gasteiger partial charge is 0.386 e. The molecule has 3 rings (SSSR count). The third-order valence-corrected chi connectivity index (χ3v) is 6.97. The van der Waals surface area contributed by atoms with Crippen LogP contribution in [-0.2, 0) is 23.7 Å². The summed E-state index contributed by atoms with van der Waals surface area (Å²) in [7, 11) is 0. The van der Waals surface area contributed by atoms with E-state index < -0.39 is 36.7 Å². The summed E-state index contributed by atoms with van der Waals surface area (Å²) in [5.74, 6) is 0.263. The number of rotatable bonds is 18. The van der Waals surface area contributed by atoms with Crippen molar-refractivity contribution in [1.29, 1.82) is 0 Å². The van der Waals surface area contributed by atoms with E-state index in [2.05, 4.69) is 42.6 Å². The number of aliphatic hydroxyl groups excluding tert-OH is 1. The Bertz CT molecular complexity index is 946. The van der Waals surface area contributed by atoms with E-state index in [0.29, 0.717) is 44.2 Å². The van der Waals surface area contributed by atoms with Crippen LogP contribution in [0.15, 0.2) is 12.7 Å². The van der Waals surface area contributed by atoms with Crippen molar-refractivity contribution in [2.45, 2.75) is 116 Å². The zero-order valence-corrected chi connectivity index (χ0v) is 24.2. The van der Waals surface area contributed by atoms with E-state index in [4.69, 9.17) is 29.4 Å². The van der Waals surface area contributed by atoms with Crippen LogP contribution < -0.4 is 5.73 Å². The van der Waals surface area contributed by atoms with Crippen LogP contribution in [0.25, 0.3) is 11.2 Å². The van der Waals surface area contributed by atoms with Gasteiger partial charge in [-0.2, -0.15) is 0 Å². The zero-order chi connectivity index (χ0) is 28.0. The highest BCUT2D eigenvalue weighted by molar-refractivity contribution is 5.81. The maximum absolute atomic E-state index is 11.9. The molecular formula is C28H49N5O6. The average molecular weight is 552 g/mol. The van der Waals surface area contributed by atoms with E-state index in [-0.39, 0.29) is 5.82 Å². The molecule has 0 bridgehead atoms. The Labute approximate surface area is 232 Å². The number of fused-ring (bicyclic) bond motifs is 1. The van der Waals surface area contributed by atoms with Gasteiger partial charge >= 0.3 is 0 Å². The standard InChI is InChI=1S/C28H49N5O6/c1-5-9-13-35-17-20-23(36-14-10-6-2)25(38-16-12-8-4)24(37-15-11-7-3)22(34)28(39-20)33-19-32-21-26(29)30-18-31-27(21)33/h18-20,22-25,28,34H,5-17H2,1-4H3,(H2,29,30,31)/t20-,22+,23-,24+,25+,28+/m1/s1. The number of ether oxygens (including phenoxy) is 5. The quantitative estimate of drug-likeness (QED) is 0.261. The number of unbranched alkanes of at least 4 members (excludes halogenated alkanes) is 4. The first-order chi connectivity index (χ1) is 19.1. The molecule has 1 fully saturated rings. The second kappa shape index (κ2) is 17.0. The third kappa shape index (κ3) is 8.55. The molecule has 2 aromatic heterocycles. The van der Waals surface area contributed by atoms with Gasteiger partial charge in [-0.3, -0.25) is 4.57 Å². The van der Waals surface area contributed by atoms with Gasteiger partial charge in [0.15, 0.2) is 17.7 Å². The number of anilines is 1. The molecule has 0 saturated carbocycles. The minimum Gasteiger partial charge on any atom is -0.386 e. The molecule has 1 saturated heterocycles. The molecule has 3 N–H and O–H groups in total. The molecule has 39 heavy (non-hydrogen) atoms. The monoisotopic (exact) mass is 551 g/mol. The van der Waals surface area contributed by atoms with Crippen LogP contribution in [0.5, 0.6) is 0 Å². The first kappa shape index (κ1) is 31.6. The van der Waals surface area contributed by atoms with Crippen LogP contribution in [-0.4, -0.2) is 88.2 Å². The Morgan fingerprint density at radius 3 is 2.05 bits per heavy atom. The fraction of sp³-hybridized carbons (Fsp3) is 0.821. The summed E-state index contributed by atoms with van der Waals surface area (Å²) in [5, 5.41) is 11.9. The highest BCUT2D eigenvalue weighted by Gasteiger charge is 2.49. The summed E-state index contributed by atoms with van der Waals surface area (Å²) in [5.41, 5.74) is 6.98. The second-order valence-corrected chi connectivity index (χ2v) is 10.1. The van der Waals surface area contributed by atoms with Gasteiger partial charge in [0.25, 0.3) is 0 Å². The van der Waals surface area contributed by atoms with Crippen molar-refractivity contribution in [1.82, 2.24) is 19.5 Å². The van der Waals surface area contributed by atoms with Crippen molar-refractivity contribution >= 4 is 17.0 Å². The van der Waals surface area contributed by atoms with Crippen LogP contribution in [0.2, 0.25) is 0 Å². The number of nitrogen functional groups attached to an aromatic ring is 1. The summed E-state index contributed by atoms with van der Waals surface area (Å²) >= 11 is 0. The molecule has 0 amide bonds. The first-order valence-corrected chi connectivity index (χ1v) is 14.8. The molecule has 0 unspecified atom stereocenters. The lowest BCUT2D eigenvalue weighted by atomic mass is 9.99. The molecular weight excluding hydrogens is 502 g/mol. The van der Waals surface area contributed by atoms with Crippen molar-refractivity contribution in [2.24, 2.45) is 0 Å². The van der Waals surface area contributed by atoms with Crippen LogP contribution in [0.4, 0.5) is 5.82 Å². The molecule has 11 nitrogen and oxygen atoms in total. The lowest BCUT2D eigenvalue weighted by molar-refractivity contribution is -0.176. The molecule has 1 aliphatic heterocycles. The van der Waals surface area contributed by atoms with E-state index in [1.165, 1.54) is 6.33 Å². The summed E-state index contributed by atoms with van der Waals surface area (Å²) in [6.07, 6.45) is 6.27. The molecule has 6 atom stereocenters. The normalized spacial score (nSPS) is 25.8. The highest BCUT2D eigenvalue weighted by Crippen LogP contribution is 2.34. The van der Waals surface area contributed by atoms with Gasteiger partial charge in [-0.15, -0.1) is 0 Å². The predicted molar refractivity (Wildman–Crippen MR) is 149 cm³/mol. The number of aromatic nitrogens is 4. The topological polar surface area (TPSA) is 136 Å². The number of aliphatic hydroxyl groups is 1. The van der Waals surface area contributed by atoms with Gasteiger partial charge < -0.3 is 34.5 Å². The fourth-order valence-electron chi connectivity index (χ4n) is 4.64. The van der Waals surface area contributed by atoms with Crippen molar-refractivity contribution in [3.05, 3.63) is 12.7 Å². The van der Waals surface area contributed by atoms with E-state index >= 15 is 0 Å². The number of nitrogens with two attached hydrogens (primary N) is 1. The van der Waals surface area contributed by atoms with Crippen molar-refractivity contribution in [2.75, 3.05) is 38.8 Å². The van der Waals surface area contributed by atoms with E-state index in [1.54, 1.807) is 10.9 Å². The summed E-state index contributed by atoms with van der Waals surface area (Å²) in [6, 6.07) is 0. The van der Waals surface area contributed by atoms with Gasteiger partial charge in [-0.1, -0.05) is 53.4 Å². The van der Waals surface area contributed by atoms with Crippen molar-refractivity contribution < 1.29 is 28.8 Å². The minimum absolute atomic E-state index is 0.263. The number of nitrogens with zero attached hydrogens (tertiary/aromatic N) is 4.